The second-order valence-electron chi connectivity index (χ2n) is 4.17. The highest BCUT2D eigenvalue weighted by atomic mass is 32.2. The van der Waals surface area contributed by atoms with E-state index in [4.69, 9.17) is 5.73 Å². The number of thioether (sulfide) groups is 1. The van der Waals surface area contributed by atoms with E-state index in [1.54, 1.807) is 18.7 Å². The van der Waals surface area contributed by atoms with Crippen molar-refractivity contribution >= 4 is 33.2 Å². The molecule has 0 aliphatic carbocycles. The van der Waals surface area contributed by atoms with Gasteiger partial charge < -0.3 is 5.73 Å². The first-order valence-corrected chi connectivity index (χ1v) is 8.55. The van der Waals surface area contributed by atoms with E-state index < -0.39 is 25.5 Å². The average molecular weight is 319 g/mol. The van der Waals surface area contributed by atoms with Crippen molar-refractivity contribution in [1.82, 2.24) is 4.72 Å². The maximum atomic E-state index is 12.2. The van der Waals surface area contributed by atoms with Crippen molar-refractivity contribution < 1.29 is 13.3 Å². The van der Waals surface area contributed by atoms with E-state index in [0.29, 0.717) is 5.75 Å². The maximum absolute atomic E-state index is 12.2. The lowest BCUT2D eigenvalue weighted by molar-refractivity contribution is -0.387. The van der Waals surface area contributed by atoms with Crippen molar-refractivity contribution in [3.8, 4) is 0 Å². The van der Waals surface area contributed by atoms with Crippen molar-refractivity contribution in [3.05, 3.63) is 28.3 Å². The summed E-state index contributed by atoms with van der Waals surface area (Å²) in [5, 5.41) is 10.9. The molecule has 0 fully saturated rings. The van der Waals surface area contributed by atoms with E-state index in [2.05, 4.69) is 4.72 Å². The Morgan fingerprint density at radius 3 is 2.70 bits per heavy atom. The van der Waals surface area contributed by atoms with Gasteiger partial charge in [-0.15, -0.1) is 0 Å². The molecule has 0 heterocycles. The van der Waals surface area contributed by atoms with Crippen LogP contribution in [0.25, 0.3) is 0 Å². The van der Waals surface area contributed by atoms with E-state index in [9.17, 15) is 18.5 Å². The largest absolute Gasteiger partial charge is 0.399 e. The van der Waals surface area contributed by atoms with E-state index in [0.717, 1.165) is 17.9 Å². The average Bonchev–Trinajstić information content (AvgIpc) is 2.35. The number of nitrogens with one attached hydrogen (secondary N) is 1. The molecule has 1 aromatic rings. The van der Waals surface area contributed by atoms with Crippen LogP contribution in [-0.4, -0.2) is 30.9 Å². The smallest absolute Gasteiger partial charge is 0.289 e. The Hall–Kier alpha value is -1.32. The monoisotopic (exact) mass is 319 g/mol. The molecule has 1 aromatic carbocycles. The SMILES string of the molecule is CCSCC(C)NS(=O)(=O)c1cc(N)ccc1[N+](=O)[O-]. The summed E-state index contributed by atoms with van der Waals surface area (Å²) < 4.78 is 26.8. The third-order valence-electron chi connectivity index (χ3n) is 2.40. The minimum Gasteiger partial charge on any atom is -0.399 e. The molecule has 0 bridgehead atoms. The fourth-order valence-electron chi connectivity index (χ4n) is 1.55. The molecule has 1 atom stereocenters. The molecule has 0 aliphatic rings. The van der Waals surface area contributed by atoms with Crippen LogP contribution >= 0.6 is 11.8 Å². The molecule has 1 unspecified atom stereocenters. The summed E-state index contributed by atoms with van der Waals surface area (Å²) in [6.45, 7) is 3.67. The number of nitro benzene ring substituents is 1. The van der Waals surface area contributed by atoms with E-state index in [1.165, 1.54) is 6.07 Å². The molecule has 20 heavy (non-hydrogen) atoms. The first-order valence-electron chi connectivity index (χ1n) is 5.92. The summed E-state index contributed by atoms with van der Waals surface area (Å²) in [7, 11) is -3.97. The Balaban J connectivity index is 3.09. The number of rotatable bonds is 7. The van der Waals surface area contributed by atoms with Gasteiger partial charge in [0.05, 0.1) is 4.92 Å². The van der Waals surface area contributed by atoms with Gasteiger partial charge in [-0.25, -0.2) is 13.1 Å². The first-order chi connectivity index (χ1) is 9.27. The number of hydrogen-bond donors (Lipinski definition) is 2. The minimum atomic E-state index is -3.97. The highest BCUT2D eigenvalue weighted by Crippen LogP contribution is 2.26. The second kappa shape index (κ2) is 6.91. The number of nitrogens with zero attached hydrogens (tertiary/aromatic N) is 1. The number of benzene rings is 1. The van der Waals surface area contributed by atoms with Crippen LogP contribution in [0, 0.1) is 10.1 Å². The third kappa shape index (κ3) is 4.36. The normalized spacial score (nSPS) is 13.1. The van der Waals surface area contributed by atoms with Gasteiger partial charge in [0.1, 0.15) is 0 Å². The van der Waals surface area contributed by atoms with Crippen LogP contribution < -0.4 is 10.5 Å². The third-order valence-corrected chi connectivity index (χ3v) is 5.16. The lowest BCUT2D eigenvalue weighted by atomic mass is 10.3. The fourth-order valence-corrected chi connectivity index (χ4v) is 3.78. The number of nitro groups is 1. The summed E-state index contributed by atoms with van der Waals surface area (Å²) in [4.78, 5) is 9.76. The van der Waals surface area contributed by atoms with Gasteiger partial charge in [-0.3, -0.25) is 10.1 Å². The van der Waals surface area contributed by atoms with Crippen molar-refractivity contribution in [1.29, 1.82) is 0 Å². The molecular weight excluding hydrogens is 302 g/mol. The topological polar surface area (TPSA) is 115 Å². The fraction of sp³-hybridized carbons (Fsp3) is 0.455. The Kier molecular flexibility index (Phi) is 5.78. The molecule has 112 valence electrons. The molecule has 0 aliphatic heterocycles. The highest BCUT2D eigenvalue weighted by Gasteiger charge is 2.27. The van der Waals surface area contributed by atoms with Crippen molar-refractivity contribution in [3.63, 3.8) is 0 Å². The quantitative estimate of drug-likeness (QED) is 0.448. The molecule has 1 rings (SSSR count). The zero-order valence-electron chi connectivity index (χ0n) is 11.2. The van der Waals surface area contributed by atoms with Crippen LogP contribution in [0.15, 0.2) is 23.1 Å². The lowest BCUT2D eigenvalue weighted by Gasteiger charge is -2.13. The Labute approximate surface area is 122 Å². The molecule has 0 amide bonds. The molecule has 0 aromatic heterocycles. The van der Waals surface area contributed by atoms with Gasteiger partial charge >= 0.3 is 0 Å². The Bertz CT molecular complexity index is 589. The van der Waals surface area contributed by atoms with Gasteiger partial charge in [-0.2, -0.15) is 11.8 Å². The minimum absolute atomic E-state index is 0.159. The van der Waals surface area contributed by atoms with Gasteiger partial charge in [0.2, 0.25) is 10.0 Å². The standard InChI is InChI=1S/C11H17N3O4S2/c1-3-19-7-8(2)13-20(17,18)11-6-9(12)4-5-10(11)14(15)16/h4-6,8,13H,3,7,12H2,1-2H3. The van der Waals surface area contributed by atoms with Crippen LogP contribution in [0.5, 0.6) is 0 Å². The number of hydrogen-bond acceptors (Lipinski definition) is 6. The van der Waals surface area contributed by atoms with Gasteiger partial charge in [0, 0.05) is 23.5 Å². The van der Waals surface area contributed by atoms with Gasteiger partial charge in [-0.05, 0) is 24.8 Å². The van der Waals surface area contributed by atoms with Crippen LogP contribution in [0.2, 0.25) is 0 Å². The lowest BCUT2D eigenvalue weighted by Crippen LogP contribution is -2.34. The highest BCUT2D eigenvalue weighted by molar-refractivity contribution is 7.99. The second-order valence-corrected chi connectivity index (χ2v) is 7.17. The van der Waals surface area contributed by atoms with E-state index >= 15 is 0 Å². The molecule has 0 saturated heterocycles. The predicted molar refractivity (Wildman–Crippen MR) is 80.3 cm³/mol. The molecular formula is C11H17N3O4S2. The Morgan fingerprint density at radius 1 is 1.50 bits per heavy atom. The van der Waals surface area contributed by atoms with Crippen molar-refractivity contribution in [2.24, 2.45) is 0 Å². The number of sulfonamides is 1. The number of nitrogens with two attached hydrogens (primary N) is 1. The molecule has 9 heteroatoms. The van der Waals surface area contributed by atoms with Gasteiger partial charge in [0.15, 0.2) is 4.90 Å². The number of anilines is 1. The first kappa shape index (κ1) is 16.7. The van der Waals surface area contributed by atoms with E-state index in [-0.39, 0.29) is 11.7 Å². The zero-order chi connectivity index (χ0) is 15.3. The molecule has 3 N–H and O–H groups in total. The van der Waals surface area contributed by atoms with Crippen molar-refractivity contribution in [2.45, 2.75) is 24.8 Å². The summed E-state index contributed by atoms with van der Waals surface area (Å²) in [5.74, 6) is 1.45. The molecule has 0 radical (unpaired) electrons. The maximum Gasteiger partial charge on any atom is 0.289 e. The molecule has 0 saturated carbocycles. The van der Waals surface area contributed by atoms with Crippen LogP contribution in [-0.2, 0) is 10.0 Å². The van der Waals surface area contributed by atoms with E-state index in [1.807, 2.05) is 6.92 Å². The molecule has 0 spiro atoms. The summed E-state index contributed by atoms with van der Waals surface area (Å²) in [6, 6.07) is 3.16. The van der Waals surface area contributed by atoms with Gasteiger partial charge in [-0.1, -0.05) is 6.92 Å². The number of nitrogen functional groups attached to an aromatic ring is 1. The van der Waals surface area contributed by atoms with Crippen molar-refractivity contribution in [2.75, 3.05) is 17.2 Å². The van der Waals surface area contributed by atoms with Crippen LogP contribution in [0.3, 0.4) is 0 Å². The van der Waals surface area contributed by atoms with Gasteiger partial charge in [0.25, 0.3) is 5.69 Å². The Morgan fingerprint density at radius 2 is 2.15 bits per heavy atom. The van der Waals surface area contributed by atoms with Crippen LogP contribution in [0.1, 0.15) is 13.8 Å². The summed E-state index contributed by atoms with van der Waals surface area (Å²) in [5.41, 5.74) is 5.19. The van der Waals surface area contributed by atoms with Crippen LogP contribution in [0.4, 0.5) is 11.4 Å². The summed E-state index contributed by atoms with van der Waals surface area (Å²) in [6.07, 6.45) is 0. The predicted octanol–water partition coefficient (Wildman–Crippen LogP) is 1.60. The zero-order valence-corrected chi connectivity index (χ0v) is 12.8. The summed E-state index contributed by atoms with van der Waals surface area (Å²) >= 11 is 1.58. The molecule has 7 nitrogen and oxygen atoms in total.